The first kappa shape index (κ1) is 16.0. The highest BCUT2D eigenvalue weighted by atomic mass is 32.1. The van der Waals surface area contributed by atoms with Crippen molar-refractivity contribution in [1.29, 1.82) is 0 Å². The molecule has 1 aromatic carbocycles. The lowest BCUT2D eigenvalue weighted by atomic mass is 10.1. The minimum Gasteiger partial charge on any atom is -0.486 e. The Balaban J connectivity index is 2.07. The van der Waals surface area contributed by atoms with Crippen molar-refractivity contribution in [3.8, 4) is 5.75 Å². The fourth-order valence-corrected chi connectivity index (χ4v) is 3.04. The van der Waals surface area contributed by atoms with Crippen LogP contribution in [0.2, 0.25) is 0 Å². The number of nitrogens with zero attached hydrogens (tertiary/aromatic N) is 1. The summed E-state index contributed by atoms with van der Waals surface area (Å²) in [6.45, 7) is 10.8. The molecular weight excluding hydrogens is 280 g/mol. The summed E-state index contributed by atoms with van der Waals surface area (Å²) in [7, 11) is 0. The van der Waals surface area contributed by atoms with Gasteiger partial charge in [-0.1, -0.05) is 25.1 Å². The van der Waals surface area contributed by atoms with Gasteiger partial charge in [-0.05, 0) is 39.3 Å². The summed E-state index contributed by atoms with van der Waals surface area (Å²) >= 11 is 1.72. The molecule has 0 bridgehead atoms. The molecule has 0 unspecified atom stereocenters. The molecule has 0 saturated carbocycles. The third-order valence-electron chi connectivity index (χ3n) is 3.45. The van der Waals surface area contributed by atoms with Gasteiger partial charge >= 0.3 is 0 Å². The average Bonchev–Trinajstić information content (AvgIpc) is 2.77. The predicted molar refractivity (Wildman–Crippen MR) is 89.1 cm³/mol. The third kappa shape index (κ3) is 4.29. The van der Waals surface area contributed by atoms with Gasteiger partial charge in [0, 0.05) is 17.0 Å². The molecule has 0 saturated heterocycles. The highest BCUT2D eigenvalue weighted by molar-refractivity contribution is 7.11. The number of hydrogen-bond acceptors (Lipinski definition) is 4. The van der Waals surface area contributed by atoms with Gasteiger partial charge in [-0.2, -0.15) is 0 Å². The second-order valence-electron chi connectivity index (χ2n) is 5.28. The Morgan fingerprint density at radius 1 is 1.24 bits per heavy atom. The molecule has 0 spiro atoms. The van der Waals surface area contributed by atoms with Gasteiger partial charge in [-0.25, -0.2) is 4.98 Å². The van der Waals surface area contributed by atoms with Crippen LogP contribution in [-0.2, 0) is 13.2 Å². The molecule has 2 rings (SSSR count). The van der Waals surface area contributed by atoms with Crippen molar-refractivity contribution in [3.05, 3.63) is 44.9 Å². The van der Waals surface area contributed by atoms with Gasteiger partial charge in [-0.15, -0.1) is 11.3 Å². The Morgan fingerprint density at radius 2 is 2.05 bits per heavy atom. The number of benzene rings is 1. The lowest BCUT2D eigenvalue weighted by Gasteiger charge is -2.14. The third-order valence-corrected chi connectivity index (χ3v) is 4.49. The fourth-order valence-electron chi connectivity index (χ4n) is 2.19. The van der Waals surface area contributed by atoms with Crippen molar-refractivity contribution in [2.24, 2.45) is 0 Å². The number of para-hydroxylation sites is 1. The van der Waals surface area contributed by atoms with E-state index in [2.05, 4.69) is 49.3 Å². The monoisotopic (exact) mass is 304 g/mol. The van der Waals surface area contributed by atoms with Crippen LogP contribution in [0.25, 0.3) is 0 Å². The van der Waals surface area contributed by atoms with E-state index in [9.17, 15) is 0 Å². The second kappa shape index (κ2) is 7.57. The Bertz CT molecular complexity index is 573. The SMILES string of the molecule is CCCNCc1cccc(C)c1OCc1nc(C)c(C)s1. The van der Waals surface area contributed by atoms with Crippen LogP contribution >= 0.6 is 11.3 Å². The number of thiazole rings is 1. The van der Waals surface area contributed by atoms with Crippen molar-refractivity contribution in [1.82, 2.24) is 10.3 Å². The van der Waals surface area contributed by atoms with E-state index in [1.54, 1.807) is 11.3 Å². The van der Waals surface area contributed by atoms with E-state index >= 15 is 0 Å². The zero-order chi connectivity index (χ0) is 15.2. The lowest BCUT2D eigenvalue weighted by Crippen LogP contribution is -2.15. The standard InChI is InChI=1S/C17H24N2OS/c1-5-9-18-10-15-8-6-7-12(2)17(15)20-11-16-19-13(3)14(4)21-16/h6-8,18H,5,9-11H2,1-4H3. The fraction of sp³-hybridized carbons (Fsp3) is 0.471. The van der Waals surface area contributed by atoms with Gasteiger partial charge in [-0.3, -0.25) is 0 Å². The normalized spacial score (nSPS) is 10.9. The number of ether oxygens (including phenoxy) is 1. The van der Waals surface area contributed by atoms with Crippen LogP contribution in [0.1, 0.15) is 40.1 Å². The summed E-state index contributed by atoms with van der Waals surface area (Å²) < 4.78 is 6.06. The molecule has 0 fully saturated rings. The molecule has 2 aromatic rings. The number of aryl methyl sites for hydroxylation is 3. The minimum absolute atomic E-state index is 0.547. The molecular formula is C17H24N2OS. The van der Waals surface area contributed by atoms with Crippen LogP contribution in [-0.4, -0.2) is 11.5 Å². The Morgan fingerprint density at radius 3 is 2.71 bits per heavy atom. The van der Waals surface area contributed by atoms with Crippen molar-refractivity contribution in [2.45, 2.75) is 47.3 Å². The Labute approximate surface area is 131 Å². The van der Waals surface area contributed by atoms with E-state index < -0.39 is 0 Å². The average molecular weight is 304 g/mol. The van der Waals surface area contributed by atoms with E-state index in [0.717, 1.165) is 36.0 Å². The first-order valence-electron chi connectivity index (χ1n) is 7.46. The van der Waals surface area contributed by atoms with E-state index in [1.807, 2.05) is 6.92 Å². The maximum absolute atomic E-state index is 6.06. The molecule has 1 heterocycles. The smallest absolute Gasteiger partial charge is 0.140 e. The van der Waals surface area contributed by atoms with Crippen LogP contribution in [0.3, 0.4) is 0 Å². The summed E-state index contributed by atoms with van der Waals surface area (Å²) in [5.41, 5.74) is 3.50. The highest BCUT2D eigenvalue weighted by Crippen LogP contribution is 2.25. The van der Waals surface area contributed by atoms with Gasteiger partial charge in [0.2, 0.25) is 0 Å². The summed E-state index contributed by atoms with van der Waals surface area (Å²) in [6, 6.07) is 6.31. The quantitative estimate of drug-likeness (QED) is 0.780. The summed E-state index contributed by atoms with van der Waals surface area (Å²) in [6.07, 6.45) is 1.14. The molecule has 0 aliphatic heterocycles. The number of aromatic nitrogens is 1. The largest absolute Gasteiger partial charge is 0.486 e. The summed E-state index contributed by atoms with van der Waals surface area (Å²) in [5.74, 6) is 0.992. The first-order chi connectivity index (χ1) is 10.1. The second-order valence-corrected chi connectivity index (χ2v) is 6.57. The van der Waals surface area contributed by atoms with Crippen LogP contribution in [0, 0.1) is 20.8 Å². The molecule has 1 aromatic heterocycles. The highest BCUT2D eigenvalue weighted by Gasteiger charge is 2.09. The van der Waals surface area contributed by atoms with Gasteiger partial charge in [0.1, 0.15) is 17.4 Å². The molecule has 0 amide bonds. The Kier molecular flexibility index (Phi) is 5.76. The maximum Gasteiger partial charge on any atom is 0.140 e. The van der Waals surface area contributed by atoms with Crippen molar-refractivity contribution in [2.75, 3.05) is 6.54 Å². The minimum atomic E-state index is 0.547. The molecule has 21 heavy (non-hydrogen) atoms. The molecule has 114 valence electrons. The molecule has 0 aliphatic rings. The first-order valence-corrected chi connectivity index (χ1v) is 8.28. The van der Waals surface area contributed by atoms with Crippen molar-refractivity contribution >= 4 is 11.3 Å². The van der Waals surface area contributed by atoms with Gasteiger partial charge in [0.25, 0.3) is 0 Å². The maximum atomic E-state index is 6.06. The molecule has 4 heteroatoms. The predicted octanol–water partition coefficient (Wildman–Crippen LogP) is 4.15. The number of rotatable bonds is 7. The van der Waals surface area contributed by atoms with E-state index in [0.29, 0.717) is 6.61 Å². The van der Waals surface area contributed by atoms with Crippen LogP contribution in [0.5, 0.6) is 5.75 Å². The van der Waals surface area contributed by atoms with Gasteiger partial charge < -0.3 is 10.1 Å². The van der Waals surface area contributed by atoms with Crippen LogP contribution in [0.4, 0.5) is 0 Å². The van der Waals surface area contributed by atoms with Crippen molar-refractivity contribution in [3.63, 3.8) is 0 Å². The van der Waals surface area contributed by atoms with Crippen LogP contribution in [0.15, 0.2) is 18.2 Å². The summed E-state index contributed by atoms with van der Waals surface area (Å²) in [4.78, 5) is 5.80. The van der Waals surface area contributed by atoms with Crippen LogP contribution < -0.4 is 10.1 Å². The number of hydrogen-bond donors (Lipinski definition) is 1. The van der Waals surface area contributed by atoms with Gasteiger partial charge in [0.05, 0.1) is 5.69 Å². The topological polar surface area (TPSA) is 34.1 Å². The van der Waals surface area contributed by atoms with E-state index in [-0.39, 0.29) is 0 Å². The molecule has 3 nitrogen and oxygen atoms in total. The van der Waals surface area contributed by atoms with E-state index in [1.165, 1.54) is 16.0 Å². The molecule has 1 N–H and O–H groups in total. The number of nitrogens with one attached hydrogen (secondary N) is 1. The zero-order valence-electron chi connectivity index (χ0n) is 13.3. The zero-order valence-corrected chi connectivity index (χ0v) is 14.1. The molecule has 0 radical (unpaired) electrons. The molecule has 0 atom stereocenters. The van der Waals surface area contributed by atoms with E-state index in [4.69, 9.17) is 4.74 Å². The van der Waals surface area contributed by atoms with Crippen molar-refractivity contribution < 1.29 is 4.74 Å². The van der Waals surface area contributed by atoms with Gasteiger partial charge in [0.15, 0.2) is 0 Å². The Hall–Kier alpha value is -1.39. The lowest BCUT2D eigenvalue weighted by molar-refractivity contribution is 0.299. The summed E-state index contributed by atoms with van der Waals surface area (Å²) in [5, 5.41) is 4.48. The molecule has 0 aliphatic carbocycles.